The topological polar surface area (TPSA) is 64.9 Å². The minimum absolute atomic E-state index is 0.00854. The molecule has 1 aromatic rings. The summed E-state index contributed by atoms with van der Waals surface area (Å²) in [6.07, 6.45) is 2.89. The number of piperidine rings is 1. The molecule has 2 unspecified atom stereocenters. The van der Waals surface area contributed by atoms with Crippen LogP contribution in [0.4, 0.5) is 5.69 Å². The van der Waals surface area contributed by atoms with E-state index in [2.05, 4.69) is 23.6 Å². The van der Waals surface area contributed by atoms with Crippen LogP contribution in [0, 0.1) is 23.2 Å². The van der Waals surface area contributed by atoms with Gasteiger partial charge in [-0.3, -0.25) is 4.79 Å². The summed E-state index contributed by atoms with van der Waals surface area (Å²) < 4.78 is 0. The molecule has 4 heteroatoms. The number of amides is 1. The summed E-state index contributed by atoms with van der Waals surface area (Å²) in [7, 11) is 0. The number of anilines is 1. The Balaban J connectivity index is 1.90. The molecule has 1 amide bonds. The number of benzene rings is 1. The molecule has 0 aromatic heterocycles. The van der Waals surface area contributed by atoms with Crippen LogP contribution in [0.25, 0.3) is 0 Å². The second-order valence-electron chi connectivity index (χ2n) is 5.49. The average molecular weight is 271 g/mol. The first-order chi connectivity index (χ1) is 9.70. The summed E-state index contributed by atoms with van der Waals surface area (Å²) in [5, 5.41) is 15.2. The lowest BCUT2D eigenvalue weighted by Gasteiger charge is -2.28. The molecule has 1 saturated heterocycles. The fourth-order valence-corrected chi connectivity index (χ4v) is 2.71. The Morgan fingerprint density at radius 2 is 2.35 bits per heavy atom. The number of carbonyl (C=O) groups is 1. The van der Waals surface area contributed by atoms with E-state index in [1.807, 2.05) is 6.07 Å². The summed E-state index contributed by atoms with van der Waals surface area (Å²) in [5.74, 6) is 0.920. The monoisotopic (exact) mass is 271 g/mol. The molecule has 1 heterocycles. The molecule has 2 N–H and O–H groups in total. The van der Waals surface area contributed by atoms with E-state index in [-0.39, 0.29) is 5.91 Å². The van der Waals surface area contributed by atoms with E-state index in [9.17, 15) is 4.79 Å². The number of hydrogen-bond donors (Lipinski definition) is 2. The Morgan fingerprint density at radius 3 is 3.05 bits per heavy atom. The zero-order valence-corrected chi connectivity index (χ0v) is 11.9. The number of para-hydroxylation sites is 1. The number of rotatable bonds is 4. The minimum Gasteiger partial charge on any atom is -0.325 e. The zero-order chi connectivity index (χ0) is 14.4. The van der Waals surface area contributed by atoms with Gasteiger partial charge in [-0.15, -0.1) is 0 Å². The second kappa shape index (κ2) is 7.06. The fourth-order valence-electron chi connectivity index (χ4n) is 2.71. The molecular formula is C16H21N3O. The summed E-state index contributed by atoms with van der Waals surface area (Å²) in [6.45, 7) is 4.22. The number of carbonyl (C=O) groups excluding carboxylic acids is 1. The van der Waals surface area contributed by atoms with Crippen molar-refractivity contribution in [3.63, 3.8) is 0 Å². The highest BCUT2D eigenvalue weighted by atomic mass is 16.1. The first-order valence-corrected chi connectivity index (χ1v) is 7.20. The highest BCUT2D eigenvalue weighted by Gasteiger charge is 2.22. The first kappa shape index (κ1) is 14.5. The number of nitrogens with zero attached hydrogens (tertiary/aromatic N) is 1. The van der Waals surface area contributed by atoms with Crippen LogP contribution >= 0.6 is 0 Å². The lowest BCUT2D eigenvalue weighted by Crippen LogP contribution is -2.34. The third-order valence-corrected chi connectivity index (χ3v) is 3.97. The van der Waals surface area contributed by atoms with Crippen LogP contribution in [-0.4, -0.2) is 19.0 Å². The van der Waals surface area contributed by atoms with Crippen molar-refractivity contribution in [2.75, 3.05) is 18.4 Å². The van der Waals surface area contributed by atoms with Gasteiger partial charge in [0.15, 0.2) is 0 Å². The Labute approximate surface area is 120 Å². The quantitative estimate of drug-likeness (QED) is 0.884. The van der Waals surface area contributed by atoms with Gasteiger partial charge < -0.3 is 10.6 Å². The number of hydrogen-bond acceptors (Lipinski definition) is 3. The normalized spacial score (nSPS) is 19.9. The third kappa shape index (κ3) is 3.82. The number of nitrogens with one attached hydrogen (secondary N) is 2. The summed E-state index contributed by atoms with van der Waals surface area (Å²) in [4.78, 5) is 12.1. The second-order valence-corrected chi connectivity index (χ2v) is 5.49. The van der Waals surface area contributed by atoms with Gasteiger partial charge in [0.25, 0.3) is 0 Å². The maximum absolute atomic E-state index is 12.1. The molecule has 0 radical (unpaired) electrons. The van der Waals surface area contributed by atoms with Crippen molar-refractivity contribution in [2.45, 2.75) is 26.2 Å². The Hall–Kier alpha value is -1.86. The van der Waals surface area contributed by atoms with Gasteiger partial charge in [-0.25, -0.2) is 0 Å². The molecule has 2 atom stereocenters. The SMILES string of the molecule is CC(CC(=O)Nc1ccccc1C#N)C1CCCNC1. The van der Waals surface area contributed by atoms with Gasteiger partial charge in [0.05, 0.1) is 11.3 Å². The van der Waals surface area contributed by atoms with E-state index >= 15 is 0 Å². The summed E-state index contributed by atoms with van der Waals surface area (Å²) in [6, 6.07) is 9.19. The Bertz CT molecular complexity index is 501. The van der Waals surface area contributed by atoms with Crippen LogP contribution in [0.15, 0.2) is 24.3 Å². The lowest BCUT2D eigenvalue weighted by atomic mass is 9.85. The molecule has 0 spiro atoms. The highest BCUT2D eigenvalue weighted by molar-refractivity contribution is 5.92. The molecule has 2 rings (SSSR count). The smallest absolute Gasteiger partial charge is 0.224 e. The molecule has 4 nitrogen and oxygen atoms in total. The molecule has 0 bridgehead atoms. The van der Waals surface area contributed by atoms with E-state index < -0.39 is 0 Å². The zero-order valence-electron chi connectivity index (χ0n) is 11.9. The standard InChI is InChI=1S/C16H21N3O/c1-12(14-6-4-8-18-11-14)9-16(20)19-15-7-3-2-5-13(15)10-17/h2-3,5,7,12,14,18H,4,6,8-9,11H2,1H3,(H,19,20). The Morgan fingerprint density at radius 1 is 1.55 bits per heavy atom. The van der Waals surface area contributed by atoms with Crippen LogP contribution in [0.5, 0.6) is 0 Å². The predicted octanol–water partition coefficient (Wildman–Crippen LogP) is 2.52. The van der Waals surface area contributed by atoms with Crippen molar-refractivity contribution < 1.29 is 4.79 Å². The van der Waals surface area contributed by atoms with Crippen molar-refractivity contribution in [3.05, 3.63) is 29.8 Å². The minimum atomic E-state index is -0.00854. The van der Waals surface area contributed by atoms with Gasteiger partial charge >= 0.3 is 0 Å². The fraction of sp³-hybridized carbons (Fsp3) is 0.500. The first-order valence-electron chi connectivity index (χ1n) is 7.20. The molecular weight excluding hydrogens is 250 g/mol. The maximum atomic E-state index is 12.1. The molecule has 20 heavy (non-hydrogen) atoms. The predicted molar refractivity (Wildman–Crippen MR) is 79.2 cm³/mol. The van der Waals surface area contributed by atoms with Crippen LogP contribution in [0.3, 0.4) is 0 Å². The molecule has 0 aliphatic carbocycles. The van der Waals surface area contributed by atoms with Gasteiger partial charge in [0.1, 0.15) is 6.07 Å². The van der Waals surface area contributed by atoms with Gasteiger partial charge in [-0.05, 0) is 49.9 Å². The van der Waals surface area contributed by atoms with Crippen molar-refractivity contribution >= 4 is 11.6 Å². The van der Waals surface area contributed by atoms with Gasteiger partial charge in [-0.2, -0.15) is 5.26 Å². The lowest BCUT2D eigenvalue weighted by molar-refractivity contribution is -0.117. The molecule has 106 valence electrons. The van der Waals surface area contributed by atoms with Crippen molar-refractivity contribution in [3.8, 4) is 6.07 Å². The largest absolute Gasteiger partial charge is 0.325 e. The highest BCUT2D eigenvalue weighted by Crippen LogP contribution is 2.23. The van der Waals surface area contributed by atoms with E-state index in [0.717, 1.165) is 13.1 Å². The van der Waals surface area contributed by atoms with Gasteiger partial charge in [-0.1, -0.05) is 19.1 Å². The van der Waals surface area contributed by atoms with Crippen molar-refractivity contribution in [1.82, 2.24) is 5.32 Å². The van der Waals surface area contributed by atoms with Crippen LogP contribution in [0.1, 0.15) is 31.7 Å². The van der Waals surface area contributed by atoms with Crippen molar-refractivity contribution in [1.29, 1.82) is 5.26 Å². The van der Waals surface area contributed by atoms with Crippen LogP contribution in [0.2, 0.25) is 0 Å². The van der Waals surface area contributed by atoms with E-state index in [0.29, 0.717) is 29.5 Å². The number of nitriles is 1. The van der Waals surface area contributed by atoms with Crippen LogP contribution < -0.4 is 10.6 Å². The molecule has 1 fully saturated rings. The van der Waals surface area contributed by atoms with Crippen molar-refractivity contribution in [2.24, 2.45) is 11.8 Å². The summed E-state index contributed by atoms with van der Waals surface area (Å²) in [5.41, 5.74) is 1.11. The molecule has 1 aliphatic rings. The molecule has 0 saturated carbocycles. The van der Waals surface area contributed by atoms with E-state index in [1.54, 1.807) is 18.2 Å². The molecule has 1 aromatic carbocycles. The molecule has 1 aliphatic heterocycles. The van der Waals surface area contributed by atoms with Crippen LogP contribution in [-0.2, 0) is 4.79 Å². The van der Waals surface area contributed by atoms with Gasteiger partial charge in [0.2, 0.25) is 5.91 Å². The van der Waals surface area contributed by atoms with E-state index in [1.165, 1.54) is 12.8 Å². The van der Waals surface area contributed by atoms with Gasteiger partial charge in [0, 0.05) is 6.42 Å². The Kier molecular flexibility index (Phi) is 5.14. The third-order valence-electron chi connectivity index (χ3n) is 3.97. The average Bonchev–Trinajstić information content (AvgIpc) is 2.48. The summed E-state index contributed by atoms with van der Waals surface area (Å²) >= 11 is 0. The van der Waals surface area contributed by atoms with E-state index in [4.69, 9.17) is 5.26 Å². The maximum Gasteiger partial charge on any atom is 0.224 e.